The lowest BCUT2D eigenvalue weighted by Crippen LogP contribution is -2.03. The molecule has 0 aromatic carbocycles. The van der Waals surface area contributed by atoms with Crippen LogP contribution in [0.4, 0.5) is 17.3 Å². The maximum atomic E-state index is 10.9. The first-order chi connectivity index (χ1) is 9.62. The second-order valence-electron chi connectivity index (χ2n) is 4.18. The highest BCUT2D eigenvalue weighted by Crippen LogP contribution is 2.22. The van der Waals surface area contributed by atoms with Gasteiger partial charge in [0.15, 0.2) is 0 Å². The average Bonchev–Trinajstić information content (AvgIpc) is 2.92. The highest BCUT2D eigenvalue weighted by molar-refractivity contribution is 7.12. The van der Waals surface area contributed by atoms with Gasteiger partial charge in [0.25, 0.3) is 5.69 Å². The lowest BCUT2D eigenvalue weighted by Gasteiger charge is -2.06. The van der Waals surface area contributed by atoms with Crippen molar-refractivity contribution < 1.29 is 4.92 Å². The molecule has 6 nitrogen and oxygen atoms in total. The molecule has 0 saturated heterocycles. The molecule has 0 aliphatic carbocycles. The van der Waals surface area contributed by atoms with Crippen LogP contribution in [0.15, 0.2) is 24.3 Å². The largest absolute Gasteiger partial charge is 0.373 e. The first kappa shape index (κ1) is 14.3. The Balaban J connectivity index is 2.12. The molecule has 0 fully saturated rings. The molecule has 2 aromatic heterocycles. The van der Waals surface area contributed by atoms with Crippen molar-refractivity contribution in [3.05, 3.63) is 44.1 Å². The topological polar surface area (TPSA) is 80.1 Å². The molecular weight excluding hydrogens is 276 g/mol. The first-order valence-corrected chi connectivity index (χ1v) is 7.09. The van der Waals surface area contributed by atoms with Crippen LogP contribution in [-0.4, -0.2) is 17.0 Å². The Morgan fingerprint density at radius 2 is 2.00 bits per heavy atom. The molecule has 0 bridgehead atoms. The van der Waals surface area contributed by atoms with Gasteiger partial charge in [-0.25, -0.2) is 4.98 Å². The maximum Gasteiger partial charge on any atom is 0.276 e. The van der Waals surface area contributed by atoms with Crippen LogP contribution < -0.4 is 10.6 Å². The molecule has 0 aliphatic rings. The minimum Gasteiger partial charge on any atom is -0.373 e. The Kier molecular flexibility index (Phi) is 4.52. The van der Waals surface area contributed by atoms with Crippen LogP contribution >= 0.6 is 11.3 Å². The summed E-state index contributed by atoms with van der Waals surface area (Å²) in [7, 11) is 1.68. The van der Waals surface area contributed by atoms with Gasteiger partial charge in [-0.15, -0.1) is 11.3 Å². The van der Waals surface area contributed by atoms with Crippen LogP contribution in [0, 0.1) is 10.1 Å². The lowest BCUT2D eigenvalue weighted by molar-refractivity contribution is -0.384. The molecular formula is C13H16N4O2S. The van der Waals surface area contributed by atoms with E-state index in [1.807, 2.05) is 0 Å². The fourth-order valence-corrected chi connectivity index (χ4v) is 2.62. The van der Waals surface area contributed by atoms with Gasteiger partial charge >= 0.3 is 0 Å². The summed E-state index contributed by atoms with van der Waals surface area (Å²) >= 11 is 1.73. The summed E-state index contributed by atoms with van der Waals surface area (Å²) in [6, 6.07) is 7.01. The van der Waals surface area contributed by atoms with Crippen LogP contribution in [0.2, 0.25) is 0 Å². The van der Waals surface area contributed by atoms with E-state index >= 15 is 0 Å². The summed E-state index contributed by atoms with van der Waals surface area (Å²) in [4.78, 5) is 17.2. The molecule has 2 aromatic rings. The van der Waals surface area contributed by atoms with Gasteiger partial charge in [0.05, 0.1) is 23.6 Å². The van der Waals surface area contributed by atoms with Crippen molar-refractivity contribution in [2.75, 3.05) is 17.7 Å². The predicted octanol–water partition coefficient (Wildman–Crippen LogP) is 3.27. The van der Waals surface area contributed by atoms with E-state index in [0.29, 0.717) is 18.2 Å². The molecule has 2 N–H and O–H groups in total. The maximum absolute atomic E-state index is 10.9. The van der Waals surface area contributed by atoms with Gasteiger partial charge in [0.2, 0.25) is 0 Å². The smallest absolute Gasteiger partial charge is 0.276 e. The molecule has 0 saturated carbocycles. The molecule has 0 radical (unpaired) electrons. The Hall–Kier alpha value is -2.15. The number of hydrogen-bond acceptors (Lipinski definition) is 6. The zero-order valence-electron chi connectivity index (χ0n) is 11.3. The van der Waals surface area contributed by atoms with Gasteiger partial charge in [-0.3, -0.25) is 10.1 Å². The zero-order valence-corrected chi connectivity index (χ0v) is 12.2. The minimum absolute atomic E-state index is 0.0206. The van der Waals surface area contributed by atoms with Crippen molar-refractivity contribution in [2.45, 2.75) is 19.9 Å². The number of anilines is 2. The molecule has 0 amide bonds. The number of hydrogen-bond donors (Lipinski definition) is 2. The summed E-state index contributed by atoms with van der Waals surface area (Å²) < 4.78 is 0. The van der Waals surface area contributed by atoms with Crippen LogP contribution in [0.1, 0.15) is 16.7 Å². The van der Waals surface area contributed by atoms with Crippen LogP contribution in [0.3, 0.4) is 0 Å². The molecule has 0 aliphatic heterocycles. The van der Waals surface area contributed by atoms with Gasteiger partial charge in [0.1, 0.15) is 11.6 Å². The molecule has 2 heterocycles. The second kappa shape index (κ2) is 6.33. The predicted molar refractivity (Wildman–Crippen MR) is 81.5 cm³/mol. The third-order valence-corrected chi connectivity index (χ3v) is 4.02. The highest BCUT2D eigenvalue weighted by Gasteiger charge is 2.10. The van der Waals surface area contributed by atoms with E-state index in [1.165, 1.54) is 21.9 Å². The van der Waals surface area contributed by atoms with E-state index in [1.54, 1.807) is 18.4 Å². The van der Waals surface area contributed by atoms with Gasteiger partial charge in [-0.2, -0.15) is 0 Å². The van der Waals surface area contributed by atoms with Crippen LogP contribution in [-0.2, 0) is 13.0 Å². The normalized spacial score (nSPS) is 10.3. The van der Waals surface area contributed by atoms with Gasteiger partial charge in [-0.1, -0.05) is 6.92 Å². The highest BCUT2D eigenvalue weighted by atomic mass is 32.1. The van der Waals surface area contributed by atoms with Gasteiger partial charge in [0, 0.05) is 16.8 Å². The molecule has 7 heteroatoms. The van der Waals surface area contributed by atoms with Crippen molar-refractivity contribution in [1.82, 2.24) is 4.98 Å². The van der Waals surface area contributed by atoms with Crippen molar-refractivity contribution in [2.24, 2.45) is 0 Å². The molecule has 20 heavy (non-hydrogen) atoms. The molecule has 0 atom stereocenters. The average molecular weight is 292 g/mol. The molecule has 0 spiro atoms. The number of nitrogens with one attached hydrogen (secondary N) is 2. The Morgan fingerprint density at radius 3 is 2.60 bits per heavy atom. The quantitative estimate of drug-likeness (QED) is 0.631. The summed E-state index contributed by atoms with van der Waals surface area (Å²) in [5.74, 6) is 0.970. The molecule has 106 valence electrons. The SMILES string of the molecule is CCc1ccc(CNc2cc([N+](=O)[O-])cc(NC)n2)s1. The van der Waals surface area contributed by atoms with E-state index in [-0.39, 0.29) is 5.69 Å². The third-order valence-electron chi connectivity index (χ3n) is 2.79. The van der Waals surface area contributed by atoms with E-state index in [2.05, 4.69) is 34.7 Å². The summed E-state index contributed by atoms with van der Waals surface area (Å²) in [6.07, 6.45) is 1.02. The lowest BCUT2D eigenvalue weighted by atomic mass is 10.3. The number of pyridine rings is 1. The number of nitro groups is 1. The fourth-order valence-electron chi connectivity index (χ4n) is 1.73. The second-order valence-corrected chi connectivity index (χ2v) is 5.43. The van der Waals surface area contributed by atoms with Crippen molar-refractivity contribution in [1.29, 1.82) is 0 Å². The number of nitrogens with zero attached hydrogens (tertiary/aromatic N) is 2. The van der Waals surface area contributed by atoms with Crippen molar-refractivity contribution in [3.8, 4) is 0 Å². The Morgan fingerprint density at radius 1 is 1.30 bits per heavy atom. The van der Waals surface area contributed by atoms with E-state index < -0.39 is 4.92 Å². The number of aryl methyl sites for hydroxylation is 1. The number of rotatable bonds is 6. The zero-order chi connectivity index (χ0) is 14.5. The summed E-state index contributed by atoms with van der Waals surface area (Å²) in [5, 5.41) is 16.8. The first-order valence-electron chi connectivity index (χ1n) is 6.28. The van der Waals surface area contributed by atoms with Crippen molar-refractivity contribution in [3.63, 3.8) is 0 Å². The van der Waals surface area contributed by atoms with Crippen LogP contribution in [0.25, 0.3) is 0 Å². The Labute approximate surface area is 121 Å². The third kappa shape index (κ3) is 3.45. The van der Waals surface area contributed by atoms with Gasteiger partial charge < -0.3 is 10.6 Å². The summed E-state index contributed by atoms with van der Waals surface area (Å²) in [5.41, 5.74) is 0.0206. The Bertz CT molecular complexity index is 612. The standard InChI is InChI=1S/C13H16N4O2S/c1-3-10-4-5-11(20-10)8-15-13-7-9(17(18)19)6-12(14-2)16-13/h4-7H,3,8H2,1-2H3,(H2,14,15,16). The van der Waals surface area contributed by atoms with Crippen LogP contribution in [0.5, 0.6) is 0 Å². The molecule has 0 unspecified atom stereocenters. The monoisotopic (exact) mass is 292 g/mol. The van der Waals surface area contributed by atoms with E-state index in [9.17, 15) is 10.1 Å². The minimum atomic E-state index is -0.423. The van der Waals surface area contributed by atoms with Gasteiger partial charge in [-0.05, 0) is 18.6 Å². The summed E-state index contributed by atoms with van der Waals surface area (Å²) in [6.45, 7) is 2.73. The number of thiophene rings is 1. The van der Waals surface area contributed by atoms with E-state index in [4.69, 9.17) is 0 Å². The molecule has 2 rings (SSSR count). The van der Waals surface area contributed by atoms with E-state index in [0.717, 1.165) is 6.42 Å². The van der Waals surface area contributed by atoms with Crippen molar-refractivity contribution >= 4 is 28.7 Å². The fraction of sp³-hybridized carbons (Fsp3) is 0.308. The number of aromatic nitrogens is 1.